The number of ether oxygens (including phenoxy) is 2. The van der Waals surface area contributed by atoms with Gasteiger partial charge in [-0.2, -0.15) is 4.98 Å². The van der Waals surface area contributed by atoms with Crippen molar-refractivity contribution in [3.05, 3.63) is 64.0 Å². The van der Waals surface area contributed by atoms with Crippen LogP contribution in [0.25, 0.3) is 10.9 Å². The van der Waals surface area contributed by atoms with E-state index < -0.39 is 17.6 Å². The monoisotopic (exact) mass is 425 g/mol. The van der Waals surface area contributed by atoms with Crippen LogP contribution in [-0.2, 0) is 25.5 Å². The van der Waals surface area contributed by atoms with Crippen molar-refractivity contribution in [1.29, 1.82) is 0 Å². The number of carbonyl (C=O) groups is 2. The smallest absolute Gasteiger partial charge is 0.348 e. The van der Waals surface area contributed by atoms with Gasteiger partial charge in [-0.05, 0) is 30.2 Å². The van der Waals surface area contributed by atoms with E-state index in [1.165, 1.54) is 14.2 Å². The third-order valence-electron chi connectivity index (χ3n) is 4.67. The molecule has 3 aromatic rings. The molecule has 1 aromatic heterocycles. The molecule has 0 saturated carbocycles. The third-order valence-corrected chi connectivity index (χ3v) is 4.67. The van der Waals surface area contributed by atoms with Gasteiger partial charge in [-0.3, -0.25) is 4.79 Å². The van der Waals surface area contributed by atoms with E-state index >= 15 is 0 Å². The van der Waals surface area contributed by atoms with Crippen LogP contribution < -0.4 is 16.3 Å². The molecule has 0 fully saturated rings. The number of nitrogens with zero attached hydrogens (tertiary/aromatic N) is 1. The summed E-state index contributed by atoms with van der Waals surface area (Å²) >= 11 is 0. The molecule has 2 N–H and O–H groups in total. The van der Waals surface area contributed by atoms with Gasteiger partial charge in [0.05, 0.1) is 18.0 Å². The third kappa shape index (κ3) is 5.26. The lowest BCUT2D eigenvalue weighted by Crippen LogP contribution is -2.33. The average molecular weight is 425 g/mol. The number of methoxy groups -OCH3 is 2. The molecule has 0 radical (unpaired) electrons. The Morgan fingerprint density at radius 2 is 1.87 bits per heavy atom. The lowest BCUT2D eigenvalue weighted by Gasteiger charge is -2.16. The van der Waals surface area contributed by atoms with Gasteiger partial charge in [0.1, 0.15) is 12.6 Å². The van der Waals surface area contributed by atoms with E-state index in [4.69, 9.17) is 13.9 Å². The molecule has 162 valence electrons. The summed E-state index contributed by atoms with van der Waals surface area (Å²) in [4.78, 5) is 41.0. The van der Waals surface area contributed by atoms with Gasteiger partial charge >= 0.3 is 11.6 Å². The maximum atomic E-state index is 12.7. The van der Waals surface area contributed by atoms with E-state index in [9.17, 15) is 14.4 Å². The molecule has 0 bridgehead atoms. The number of esters is 1. The molecule has 31 heavy (non-hydrogen) atoms. The maximum Gasteiger partial charge on any atom is 0.348 e. The predicted octanol–water partition coefficient (Wildman–Crippen LogP) is 2.28. The minimum absolute atomic E-state index is 0.0978. The maximum absolute atomic E-state index is 12.7. The Hall–Kier alpha value is -3.72. The zero-order valence-electron chi connectivity index (χ0n) is 17.4. The molecule has 3 rings (SSSR count). The molecule has 9 heteroatoms. The van der Waals surface area contributed by atoms with Crippen molar-refractivity contribution < 1.29 is 23.5 Å². The topological polar surface area (TPSA) is 120 Å². The number of anilines is 2. The van der Waals surface area contributed by atoms with Crippen LogP contribution in [0, 0.1) is 6.92 Å². The highest BCUT2D eigenvalue weighted by atomic mass is 16.5. The summed E-state index contributed by atoms with van der Waals surface area (Å²) in [6, 6.07) is 11.7. The van der Waals surface area contributed by atoms with Crippen LogP contribution in [0.3, 0.4) is 0 Å². The standard InChI is InChI=1S/C22H23N3O6/c1-13-15(23-18(26)12-29-2)9-10-16-19(13)21(28)31-22(24-16)25-17(20(27)30-3)11-14-7-5-4-6-8-14/h4-10,17H,11-12H2,1-3H3,(H,23,26)(H,24,25)/t17-/m0/s1. The van der Waals surface area contributed by atoms with Gasteiger partial charge in [0.2, 0.25) is 5.91 Å². The number of amides is 1. The molecular formula is C22H23N3O6. The fourth-order valence-electron chi connectivity index (χ4n) is 3.17. The van der Waals surface area contributed by atoms with Gasteiger partial charge in [-0.1, -0.05) is 30.3 Å². The SMILES string of the molecule is COCC(=O)Nc1ccc2nc(N[C@@H](Cc3ccccc3)C(=O)OC)oc(=O)c2c1C. The average Bonchev–Trinajstić information content (AvgIpc) is 2.75. The summed E-state index contributed by atoms with van der Waals surface area (Å²) in [7, 11) is 2.70. The number of nitrogens with one attached hydrogen (secondary N) is 2. The van der Waals surface area contributed by atoms with Crippen LogP contribution in [0.1, 0.15) is 11.1 Å². The van der Waals surface area contributed by atoms with Gasteiger partial charge in [-0.15, -0.1) is 0 Å². The number of hydrogen-bond donors (Lipinski definition) is 2. The first kappa shape index (κ1) is 22.0. The normalized spacial score (nSPS) is 11.7. The molecule has 0 aliphatic rings. The summed E-state index contributed by atoms with van der Waals surface area (Å²) in [6.45, 7) is 1.58. The van der Waals surface area contributed by atoms with Crippen molar-refractivity contribution in [3.63, 3.8) is 0 Å². The summed E-state index contributed by atoms with van der Waals surface area (Å²) in [5.74, 6) is -0.858. The molecule has 0 unspecified atom stereocenters. The summed E-state index contributed by atoms with van der Waals surface area (Å²) in [6.07, 6.45) is 0.320. The second-order valence-corrected chi connectivity index (χ2v) is 6.83. The van der Waals surface area contributed by atoms with E-state index in [1.54, 1.807) is 19.1 Å². The molecule has 1 heterocycles. The molecule has 9 nitrogen and oxygen atoms in total. The molecule has 0 aliphatic heterocycles. The lowest BCUT2D eigenvalue weighted by molar-refractivity contribution is -0.141. The van der Waals surface area contributed by atoms with Crippen molar-refractivity contribution in [1.82, 2.24) is 4.98 Å². The van der Waals surface area contributed by atoms with Gasteiger partial charge < -0.3 is 24.5 Å². The fraction of sp³-hybridized carbons (Fsp3) is 0.273. The summed E-state index contributed by atoms with van der Waals surface area (Å²) in [5, 5.41) is 5.77. The number of fused-ring (bicyclic) bond motifs is 1. The highest BCUT2D eigenvalue weighted by Crippen LogP contribution is 2.23. The Bertz CT molecular complexity index is 1140. The van der Waals surface area contributed by atoms with Gasteiger partial charge in [-0.25, -0.2) is 9.59 Å². The number of carbonyl (C=O) groups excluding carboxylic acids is 2. The van der Waals surface area contributed by atoms with Gasteiger partial charge in [0, 0.05) is 19.2 Å². The molecule has 1 amide bonds. The summed E-state index contributed by atoms with van der Waals surface area (Å²) in [5.41, 5.74) is 1.60. The number of hydrogen-bond acceptors (Lipinski definition) is 8. The molecular weight excluding hydrogens is 402 g/mol. The van der Waals surface area contributed by atoms with Gasteiger partial charge in [0.15, 0.2) is 0 Å². The first-order valence-corrected chi connectivity index (χ1v) is 9.54. The first-order chi connectivity index (χ1) is 14.9. The van der Waals surface area contributed by atoms with Crippen molar-refractivity contribution in [2.45, 2.75) is 19.4 Å². The number of aromatic nitrogens is 1. The fourth-order valence-corrected chi connectivity index (χ4v) is 3.17. The lowest BCUT2D eigenvalue weighted by atomic mass is 10.1. The van der Waals surface area contributed by atoms with Crippen LogP contribution in [-0.4, -0.2) is 43.7 Å². The minimum Gasteiger partial charge on any atom is -0.467 e. The number of benzene rings is 2. The molecule has 0 saturated heterocycles. The number of aryl methyl sites for hydroxylation is 1. The van der Waals surface area contributed by atoms with Crippen LogP contribution in [0.4, 0.5) is 11.7 Å². The second-order valence-electron chi connectivity index (χ2n) is 6.83. The van der Waals surface area contributed by atoms with E-state index in [0.717, 1.165) is 5.56 Å². The Morgan fingerprint density at radius 1 is 1.13 bits per heavy atom. The molecule has 2 aromatic carbocycles. The van der Waals surface area contributed by atoms with Crippen LogP contribution in [0.5, 0.6) is 0 Å². The van der Waals surface area contributed by atoms with Crippen molar-refractivity contribution in [3.8, 4) is 0 Å². The number of rotatable bonds is 8. The van der Waals surface area contributed by atoms with E-state index in [-0.39, 0.29) is 23.9 Å². The highest BCUT2D eigenvalue weighted by molar-refractivity contribution is 5.96. The van der Waals surface area contributed by atoms with Crippen molar-refractivity contribution in [2.24, 2.45) is 0 Å². The second kappa shape index (κ2) is 9.86. The Labute approximate surface area is 178 Å². The molecule has 1 atom stereocenters. The van der Waals surface area contributed by atoms with Crippen molar-refractivity contribution in [2.75, 3.05) is 31.5 Å². The Morgan fingerprint density at radius 3 is 2.55 bits per heavy atom. The molecule has 0 spiro atoms. The predicted molar refractivity (Wildman–Crippen MR) is 115 cm³/mol. The zero-order valence-corrected chi connectivity index (χ0v) is 17.4. The van der Waals surface area contributed by atoms with E-state index in [2.05, 4.69) is 15.6 Å². The van der Waals surface area contributed by atoms with Crippen LogP contribution in [0.15, 0.2) is 51.7 Å². The summed E-state index contributed by atoms with van der Waals surface area (Å²) < 4.78 is 15.0. The van der Waals surface area contributed by atoms with Crippen molar-refractivity contribution >= 4 is 34.5 Å². The van der Waals surface area contributed by atoms with Gasteiger partial charge in [0.25, 0.3) is 6.01 Å². The quantitative estimate of drug-likeness (QED) is 0.528. The van der Waals surface area contributed by atoms with Crippen LogP contribution >= 0.6 is 0 Å². The molecule has 0 aliphatic carbocycles. The van der Waals surface area contributed by atoms with Crippen LogP contribution in [0.2, 0.25) is 0 Å². The highest BCUT2D eigenvalue weighted by Gasteiger charge is 2.22. The zero-order chi connectivity index (χ0) is 22.4. The minimum atomic E-state index is -0.797. The first-order valence-electron chi connectivity index (χ1n) is 9.54. The largest absolute Gasteiger partial charge is 0.467 e. The van der Waals surface area contributed by atoms with E-state index in [1.807, 2.05) is 30.3 Å². The Kier molecular flexibility index (Phi) is 6.99. The van der Waals surface area contributed by atoms with E-state index in [0.29, 0.717) is 23.2 Å². The Balaban J connectivity index is 1.91.